The van der Waals surface area contributed by atoms with Gasteiger partial charge in [-0.1, -0.05) is 6.07 Å². The molecule has 6 heteroatoms. The fraction of sp³-hybridized carbons (Fsp3) is 0.231. The van der Waals surface area contributed by atoms with E-state index in [1.807, 2.05) is 20.0 Å². The number of nitrogen functional groups attached to an aromatic ring is 1. The summed E-state index contributed by atoms with van der Waals surface area (Å²) in [6.45, 7) is 1.93. The van der Waals surface area contributed by atoms with E-state index >= 15 is 0 Å². The van der Waals surface area contributed by atoms with Gasteiger partial charge in [-0.25, -0.2) is 4.39 Å². The van der Waals surface area contributed by atoms with Gasteiger partial charge in [0.25, 0.3) is 0 Å². The highest BCUT2D eigenvalue weighted by Crippen LogP contribution is 2.25. The second-order valence-corrected chi connectivity index (χ2v) is 5.25. The normalized spacial score (nSPS) is 10.7. The highest BCUT2D eigenvalue weighted by atomic mass is 32.2. The minimum absolute atomic E-state index is 0.115. The third-order valence-electron chi connectivity index (χ3n) is 2.70. The number of amidine groups is 1. The van der Waals surface area contributed by atoms with Crippen LogP contribution in [0.15, 0.2) is 29.3 Å². The highest BCUT2D eigenvalue weighted by molar-refractivity contribution is 7.98. The van der Waals surface area contributed by atoms with Gasteiger partial charge in [0, 0.05) is 18.4 Å². The molecular weight excluding hydrogens is 263 g/mol. The Morgan fingerprint density at radius 2 is 2.21 bits per heavy atom. The summed E-state index contributed by atoms with van der Waals surface area (Å²) in [6, 6.07) is 6.34. The van der Waals surface area contributed by atoms with E-state index in [1.165, 1.54) is 12.1 Å². The van der Waals surface area contributed by atoms with E-state index in [0.29, 0.717) is 11.3 Å². The van der Waals surface area contributed by atoms with E-state index in [1.54, 1.807) is 22.5 Å². The van der Waals surface area contributed by atoms with E-state index in [9.17, 15) is 4.39 Å². The van der Waals surface area contributed by atoms with E-state index in [0.717, 1.165) is 16.3 Å². The van der Waals surface area contributed by atoms with Crippen LogP contribution in [0.2, 0.25) is 0 Å². The molecule has 0 unspecified atom stereocenters. The van der Waals surface area contributed by atoms with Crippen molar-refractivity contribution in [2.24, 2.45) is 12.8 Å². The third kappa shape index (κ3) is 3.14. The number of nitrogens with zero attached hydrogens (tertiary/aromatic N) is 2. The molecule has 0 spiro atoms. The molecule has 0 aliphatic carbocycles. The van der Waals surface area contributed by atoms with Crippen molar-refractivity contribution >= 4 is 17.6 Å². The smallest absolute Gasteiger partial charge is 0.123 e. The first kappa shape index (κ1) is 13.6. The Balaban J connectivity index is 2.20. The predicted molar refractivity (Wildman–Crippen MR) is 74.9 cm³/mol. The molecule has 0 saturated carbocycles. The lowest BCUT2D eigenvalue weighted by Gasteiger charge is -2.08. The Labute approximate surface area is 115 Å². The fourth-order valence-electron chi connectivity index (χ4n) is 1.80. The standard InChI is InChI=1S/C13H15FN4S/c1-8-5-12(18(2)17-8)19-7-9-3-4-10(14)6-11(9)13(15)16/h3-6H,7H2,1-2H3,(H3,15,16). The summed E-state index contributed by atoms with van der Waals surface area (Å²) in [5.74, 6) is 0.125. The topological polar surface area (TPSA) is 67.7 Å². The first-order valence-electron chi connectivity index (χ1n) is 5.73. The van der Waals surface area contributed by atoms with Gasteiger partial charge in [-0.15, -0.1) is 11.8 Å². The Morgan fingerprint density at radius 3 is 2.79 bits per heavy atom. The van der Waals surface area contributed by atoms with Crippen LogP contribution in [0.25, 0.3) is 0 Å². The fourth-order valence-corrected chi connectivity index (χ4v) is 2.84. The van der Waals surface area contributed by atoms with Crippen LogP contribution >= 0.6 is 11.8 Å². The SMILES string of the molecule is Cc1cc(SCc2ccc(F)cc2C(=N)N)n(C)n1. The summed E-state index contributed by atoms with van der Waals surface area (Å²) in [5, 5.41) is 12.8. The average Bonchev–Trinajstić information content (AvgIpc) is 2.66. The van der Waals surface area contributed by atoms with Crippen LogP contribution in [0.5, 0.6) is 0 Å². The van der Waals surface area contributed by atoms with Crippen molar-refractivity contribution in [1.29, 1.82) is 5.41 Å². The van der Waals surface area contributed by atoms with Crippen molar-refractivity contribution in [2.45, 2.75) is 17.7 Å². The van der Waals surface area contributed by atoms with Crippen molar-refractivity contribution in [3.63, 3.8) is 0 Å². The molecular formula is C13H15FN4S. The van der Waals surface area contributed by atoms with E-state index < -0.39 is 0 Å². The Morgan fingerprint density at radius 1 is 1.47 bits per heavy atom. The van der Waals surface area contributed by atoms with Crippen molar-refractivity contribution in [3.05, 3.63) is 46.9 Å². The first-order valence-corrected chi connectivity index (χ1v) is 6.72. The van der Waals surface area contributed by atoms with Crippen LogP contribution in [0.3, 0.4) is 0 Å². The molecule has 100 valence electrons. The third-order valence-corrected chi connectivity index (χ3v) is 3.83. The maximum absolute atomic E-state index is 13.2. The lowest BCUT2D eigenvalue weighted by Crippen LogP contribution is -2.14. The molecule has 3 N–H and O–H groups in total. The molecule has 0 atom stereocenters. The molecule has 1 aromatic carbocycles. The lowest BCUT2D eigenvalue weighted by atomic mass is 10.1. The number of aromatic nitrogens is 2. The summed E-state index contributed by atoms with van der Waals surface area (Å²) in [7, 11) is 1.88. The minimum Gasteiger partial charge on any atom is -0.384 e. The van der Waals surface area contributed by atoms with Crippen LogP contribution in [0.4, 0.5) is 4.39 Å². The van der Waals surface area contributed by atoms with Gasteiger partial charge in [0.05, 0.1) is 10.7 Å². The molecule has 0 aliphatic heterocycles. The number of rotatable bonds is 4. The molecule has 4 nitrogen and oxygen atoms in total. The quantitative estimate of drug-likeness (QED) is 0.513. The maximum atomic E-state index is 13.2. The molecule has 1 heterocycles. The molecule has 0 aliphatic rings. The summed E-state index contributed by atoms with van der Waals surface area (Å²) in [6.07, 6.45) is 0. The number of hydrogen-bond acceptors (Lipinski definition) is 3. The largest absolute Gasteiger partial charge is 0.384 e. The Kier molecular flexibility index (Phi) is 3.90. The number of hydrogen-bond donors (Lipinski definition) is 2. The lowest BCUT2D eigenvalue weighted by molar-refractivity contribution is 0.627. The van der Waals surface area contributed by atoms with Crippen molar-refractivity contribution < 1.29 is 4.39 Å². The number of nitrogens with one attached hydrogen (secondary N) is 1. The molecule has 0 saturated heterocycles. The van der Waals surface area contributed by atoms with Gasteiger partial charge < -0.3 is 5.73 Å². The zero-order chi connectivity index (χ0) is 14.0. The van der Waals surface area contributed by atoms with Crippen molar-refractivity contribution in [2.75, 3.05) is 0 Å². The molecule has 2 aromatic rings. The second kappa shape index (κ2) is 5.44. The van der Waals surface area contributed by atoms with Gasteiger partial charge in [-0.2, -0.15) is 5.10 Å². The van der Waals surface area contributed by atoms with Crippen LogP contribution in [0.1, 0.15) is 16.8 Å². The van der Waals surface area contributed by atoms with Gasteiger partial charge in [0.2, 0.25) is 0 Å². The number of benzene rings is 1. The Bertz CT molecular complexity index is 621. The summed E-state index contributed by atoms with van der Waals surface area (Å²) in [5.41, 5.74) is 7.73. The summed E-state index contributed by atoms with van der Waals surface area (Å²) >= 11 is 1.58. The van der Waals surface area contributed by atoms with Gasteiger partial charge >= 0.3 is 0 Å². The molecule has 0 fully saturated rings. The van der Waals surface area contributed by atoms with Crippen LogP contribution in [-0.2, 0) is 12.8 Å². The van der Waals surface area contributed by atoms with Gasteiger partial charge in [0.15, 0.2) is 0 Å². The molecule has 19 heavy (non-hydrogen) atoms. The Hall–Kier alpha value is -1.82. The predicted octanol–water partition coefficient (Wildman–Crippen LogP) is 2.44. The van der Waals surface area contributed by atoms with E-state index in [4.69, 9.17) is 11.1 Å². The zero-order valence-corrected chi connectivity index (χ0v) is 11.6. The van der Waals surface area contributed by atoms with E-state index in [2.05, 4.69) is 5.10 Å². The molecule has 0 amide bonds. The molecule has 0 radical (unpaired) electrons. The first-order chi connectivity index (χ1) is 8.97. The highest BCUT2D eigenvalue weighted by Gasteiger charge is 2.09. The summed E-state index contributed by atoms with van der Waals surface area (Å²) < 4.78 is 15.0. The number of aryl methyl sites for hydroxylation is 2. The average molecular weight is 278 g/mol. The number of halogens is 1. The number of nitrogens with two attached hydrogens (primary N) is 1. The van der Waals surface area contributed by atoms with E-state index in [-0.39, 0.29) is 11.7 Å². The van der Waals surface area contributed by atoms with Crippen LogP contribution in [0, 0.1) is 18.2 Å². The zero-order valence-electron chi connectivity index (χ0n) is 10.8. The minimum atomic E-state index is -0.379. The van der Waals surface area contributed by atoms with Crippen LogP contribution in [-0.4, -0.2) is 15.6 Å². The molecule has 1 aromatic heterocycles. The second-order valence-electron chi connectivity index (χ2n) is 4.25. The molecule has 2 rings (SSSR count). The summed E-state index contributed by atoms with van der Waals surface area (Å²) in [4.78, 5) is 0. The monoisotopic (exact) mass is 278 g/mol. The van der Waals surface area contributed by atoms with Crippen molar-refractivity contribution in [3.8, 4) is 0 Å². The van der Waals surface area contributed by atoms with Gasteiger partial charge in [0.1, 0.15) is 11.7 Å². The van der Waals surface area contributed by atoms with Gasteiger partial charge in [-0.05, 0) is 30.7 Å². The van der Waals surface area contributed by atoms with Crippen molar-refractivity contribution in [1.82, 2.24) is 9.78 Å². The van der Waals surface area contributed by atoms with Gasteiger partial charge in [-0.3, -0.25) is 10.1 Å². The van der Waals surface area contributed by atoms with Crippen LogP contribution < -0.4 is 5.73 Å². The molecule has 0 bridgehead atoms. The number of thioether (sulfide) groups is 1. The maximum Gasteiger partial charge on any atom is 0.123 e.